The quantitative estimate of drug-likeness (QED) is 0.833. The van der Waals surface area contributed by atoms with Crippen LogP contribution in [0, 0.1) is 0 Å². The van der Waals surface area contributed by atoms with Gasteiger partial charge in [-0.05, 0) is 43.9 Å². The molecule has 0 spiro atoms. The molecule has 0 unspecified atom stereocenters. The van der Waals surface area contributed by atoms with Crippen LogP contribution in [0.15, 0.2) is 24.3 Å². The van der Waals surface area contributed by atoms with E-state index >= 15 is 0 Å². The zero-order chi connectivity index (χ0) is 13.9. The Balaban J connectivity index is 2.26. The van der Waals surface area contributed by atoms with Crippen molar-refractivity contribution >= 4 is 8.32 Å². The number of hydrogen-bond acceptors (Lipinski definition) is 3. The van der Waals surface area contributed by atoms with E-state index in [1.54, 1.807) is 12.1 Å². The monoisotopic (exact) mass is 279 g/mol. The van der Waals surface area contributed by atoms with Crippen molar-refractivity contribution in [2.75, 3.05) is 20.6 Å². The molecule has 1 aliphatic rings. The van der Waals surface area contributed by atoms with Gasteiger partial charge < -0.3 is 14.8 Å². The summed E-state index contributed by atoms with van der Waals surface area (Å²) in [5.74, 6) is 0.296. The minimum absolute atomic E-state index is 0.253. The highest BCUT2D eigenvalue weighted by molar-refractivity contribution is 6.74. The van der Waals surface area contributed by atoms with Crippen molar-refractivity contribution < 1.29 is 9.90 Å². The van der Waals surface area contributed by atoms with E-state index in [0.29, 0.717) is 5.75 Å². The van der Waals surface area contributed by atoms with Crippen molar-refractivity contribution in [1.82, 2.24) is 4.90 Å². The second-order valence-corrected chi connectivity index (χ2v) is 9.97. The van der Waals surface area contributed by atoms with Gasteiger partial charge in [-0.2, -0.15) is 0 Å². The van der Waals surface area contributed by atoms with E-state index in [1.807, 2.05) is 12.1 Å². The van der Waals surface area contributed by atoms with Crippen LogP contribution in [0.1, 0.15) is 30.4 Å². The molecule has 1 atom stereocenters. The molecule has 1 heterocycles. The van der Waals surface area contributed by atoms with Crippen LogP contribution < -0.4 is 0 Å². The second kappa shape index (κ2) is 6.07. The summed E-state index contributed by atoms with van der Waals surface area (Å²) < 4.78 is 0. The van der Waals surface area contributed by atoms with E-state index in [1.165, 1.54) is 24.8 Å². The Kier molecular flexibility index (Phi) is 4.65. The summed E-state index contributed by atoms with van der Waals surface area (Å²) in [7, 11) is 1.92. The van der Waals surface area contributed by atoms with Crippen LogP contribution in [-0.4, -0.2) is 43.8 Å². The normalized spacial score (nSPS) is 20.4. The zero-order valence-electron chi connectivity index (χ0n) is 12.0. The lowest BCUT2D eigenvalue weighted by Crippen LogP contribution is -2.47. The number of phenolic OH excluding ortho intramolecular Hbond substituents is 1. The maximum atomic E-state index is 11.2. The molecule has 2 N–H and O–H groups in total. The molecule has 0 radical (unpaired) electrons. The van der Waals surface area contributed by atoms with Gasteiger partial charge in [-0.3, -0.25) is 0 Å². The van der Waals surface area contributed by atoms with Gasteiger partial charge in [0.05, 0.1) is 0 Å². The third-order valence-corrected chi connectivity index (χ3v) is 8.46. The van der Waals surface area contributed by atoms with Crippen LogP contribution >= 0.6 is 0 Å². The van der Waals surface area contributed by atoms with Crippen LogP contribution in [0.3, 0.4) is 0 Å². The Morgan fingerprint density at radius 3 is 2.21 bits per heavy atom. The van der Waals surface area contributed by atoms with E-state index in [0.717, 1.165) is 18.6 Å². The first-order chi connectivity index (χ1) is 9.01. The van der Waals surface area contributed by atoms with E-state index in [4.69, 9.17) is 0 Å². The third kappa shape index (κ3) is 3.59. The Morgan fingerprint density at radius 2 is 1.68 bits per heavy atom. The minimum atomic E-state index is -2.21. The molecule has 0 aliphatic carbocycles. The predicted molar refractivity (Wildman–Crippen MR) is 80.8 cm³/mol. The minimum Gasteiger partial charge on any atom is -0.508 e. The molecule has 1 aromatic carbocycles. The number of phenols is 1. The number of hydrogen-bond donors (Lipinski definition) is 2. The standard InChI is InChI=1S/C15H25NO2Si/c1-16(2)12-15(13-6-8-14(17)9-7-13)19(18)10-4-3-5-11-19/h6-9,15,17-18H,3-5,10-12H2,1-2H3/t15-/m0/s1. The molecule has 3 nitrogen and oxygen atoms in total. The lowest BCUT2D eigenvalue weighted by atomic mass is 10.1. The Morgan fingerprint density at radius 1 is 1.11 bits per heavy atom. The van der Waals surface area contributed by atoms with Crippen LogP contribution in [0.5, 0.6) is 5.75 Å². The molecule has 1 saturated heterocycles. The highest BCUT2D eigenvalue weighted by Gasteiger charge is 2.41. The number of rotatable bonds is 4. The molecular formula is C15H25NO2Si. The van der Waals surface area contributed by atoms with Gasteiger partial charge in [-0.1, -0.05) is 31.4 Å². The van der Waals surface area contributed by atoms with Gasteiger partial charge in [0.2, 0.25) is 0 Å². The second-order valence-electron chi connectivity index (χ2n) is 6.07. The first-order valence-corrected chi connectivity index (χ1v) is 9.61. The lowest BCUT2D eigenvalue weighted by molar-refractivity contribution is 0.374. The molecule has 1 fully saturated rings. The number of nitrogens with zero attached hydrogens (tertiary/aromatic N) is 1. The molecule has 19 heavy (non-hydrogen) atoms. The molecule has 1 aliphatic heterocycles. The van der Waals surface area contributed by atoms with Gasteiger partial charge in [0, 0.05) is 12.1 Å². The topological polar surface area (TPSA) is 43.7 Å². The summed E-state index contributed by atoms with van der Waals surface area (Å²) in [6, 6.07) is 9.46. The van der Waals surface area contributed by atoms with Crippen LogP contribution in [0.25, 0.3) is 0 Å². The highest BCUT2D eigenvalue weighted by Crippen LogP contribution is 2.38. The van der Waals surface area contributed by atoms with Gasteiger partial charge in [0.1, 0.15) is 5.75 Å². The van der Waals surface area contributed by atoms with Gasteiger partial charge in [-0.15, -0.1) is 0 Å². The van der Waals surface area contributed by atoms with Gasteiger partial charge in [0.15, 0.2) is 8.32 Å². The Hall–Kier alpha value is -0.843. The van der Waals surface area contributed by atoms with E-state index in [-0.39, 0.29) is 5.54 Å². The van der Waals surface area contributed by atoms with Crippen molar-refractivity contribution in [3.63, 3.8) is 0 Å². The molecule has 1 aromatic rings. The number of likely N-dealkylation sites (N-methyl/N-ethyl adjacent to an activating group) is 1. The summed E-state index contributed by atoms with van der Waals surface area (Å²) in [6.45, 7) is 0.896. The summed E-state index contributed by atoms with van der Waals surface area (Å²) in [4.78, 5) is 13.3. The largest absolute Gasteiger partial charge is 0.508 e. The molecule has 0 saturated carbocycles. The molecule has 0 bridgehead atoms. The average molecular weight is 279 g/mol. The first-order valence-electron chi connectivity index (χ1n) is 7.17. The van der Waals surface area contributed by atoms with Crippen molar-refractivity contribution in [2.24, 2.45) is 0 Å². The SMILES string of the molecule is CN(C)C[C@@H](c1ccc(O)cc1)[Si]1(O)CCCCC1. The van der Waals surface area contributed by atoms with E-state index in [2.05, 4.69) is 19.0 Å². The Labute approximate surface area is 117 Å². The average Bonchev–Trinajstić information content (AvgIpc) is 2.38. The Bertz CT molecular complexity index is 399. The highest BCUT2D eigenvalue weighted by atomic mass is 28.4. The number of benzene rings is 1. The summed E-state index contributed by atoms with van der Waals surface area (Å²) in [5, 5.41) is 9.43. The fraction of sp³-hybridized carbons (Fsp3) is 0.600. The van der Waals surface area contributed by atoms with Crippen molar-refractivity contribution in [3.8, 4) is 5.75 Å². The van der Waals surface area contributed by atoms with Crippen molar-refractivity contribution in [1.29, 1.82) is 0 Å². The van der Waals surface area contributed by atoms with Gasteiger partial charge in [-0.25, -0.2) is 0 Å². The third-order valence-electron chi connectivity index (χ3n) is 4.21. The summed E-state index contributed by atoms with van der Waals surface area (Å²) in [5.41, 5.74) is 1.44. The summed E-state index contributed by atoms with van der Waals surface area (Å²) in [6.07, 6.45) is 3.61. The molecule has 0 amide bonds. The molecular weight excluding hydrogens is 254 g/mol. The van der Waals surface area contributed by atoms with Gasteiger partial charge in [0.25, 0.3) is 0 Å². The smallest absolute Gasteiger partial charge is 0.197 e. The van der Waals surface area contributed by atoms with Crippen molar-refractivity contribution in [3.05, 3.63) is 29.8 Å². The van der Waals surface area contributed by atoms with Crippen LogP contribution in [-0.2, 0) is 0 Å². The first kappa shape index (κ1) is 14.6. The number of aromatic hydroxyl groups is 1. The molecule has 106 valence electrons. The van der Waals surface area contributed by atoms with Gasteiger partial charge >= 0.3 is 0 Å². The maximum absolute atomic E-state index is 11.2. The van der Waals surface area contributed by atoms with Crippen molar-refractivity contribution in [2.45, 2.75) is 36.9 Å². The van der Waals surface area contributed by atoms with Crippen LogP contribution in [0.4, 0.5) is 0 Å². The predicted octanol–water partition coefficient (Wildman–Crippen LogP) is 2.70. The van der Waals surface area contributed by atoms with Crippen LogP contribution in [0.2, 0.25) is 12.1 Å². The van der Waals surface area contributed by atoms with E-state index < -0.39 is 8.32 Å². The zero-order valence-corrected chi connectivity index (χ0v) is 13.0. The fourth-order valence-corrected chi connectivity index (χ4v) is 7.36. The lowest BCUT2D eigenvalue weighted by Gasteiger charge is -2.38. The fourth-order valence-electron chi connectivity index (χ4n) is 3.17. The molecule has 2 rings (SSSR count). The maximum Gasteiger partial charge on any atom is 0.197 e. The molecule has 4 heteroatoms. The molecule has 0 aromatic heterocycles. The summed E-state index contributed by atoms with van der Waals surface area (Å²) >= 11 is 0. The van der Waals surface area contributed by atoms with E-state index in [9.17, 15) is 9.90 Å².